The Labute approximate surface area is 104 Å². The molecule has 2 N–H and O–H groups in total. The minimum Gasteiger partial charge on any atom is -0.504 e. The first kappa shape index (κ1) is 12.6. The van der Waals surface area contributed by atoms with Gasteiger partial charge in [-0.2, -0.15) is 0 Å². The smallest absolute Gasteiger partial charge is 0.171 e. The number of halogens is 1. The molecule has 0 saturated heterocycles. The average molecular weight is 320 g/mol. The number of benzene rings is 1. The first-order chi connectivity index (χ1) is 7.11. The minimum absolute atomic E-state index is 0.00250. The van der Waals surface area contributed by atoms with E-state index in [0.717, 1.165) is 29.3 Å². The van der Waals surface area contributed by atoms with E-state index >= 15 is 0 Å². The van der Waals surface area contributed by atoms with Gasteiger partial charge in [-0.1, -0.05) is 26.7 Å². The summed E-state index contributed by atoms with van der Waals surface area (Å²) < 4.78 is 0.804. The van der Waals surface area contributed by atoms with Gasteiger partial charge in [0.05, 0.1) is 3.57 Å². The van der Waals surface area contributed by atoms with Crippen LogP contribution in [-0.2, 0) is 12.8 Å². The summed E-state index contributed by atoms with van der Waals surface area (Å²) in [6.07, 6.45) is 4.02. The molecule has 1 rings (SSSR count). The molecule has 0 heterocycles. The lowest BCUT2D eigenvalue weighted by molar-refractivity contribution is 0.399. The molecule has 2 nitrogen and oxygen atoms in total. The number of hydrogen-bond donors (Lipinski definition) is 2. The molecule has 0 aliphatic carbocycles. The molecule has 0 unspecified atom stereocenters. The van der Waals surface area contributed by atoms with Crippen LogP contribution < -0.4 is 0 Å². The molecule has 0 fully saturated rings. The standard InChI is InChI=1S/C12H17IO2/c1-3-5-8-7-10(14)12(15)11(13)9(8)6-4-2/h7,14-15H,3-6H2,1-2H3. The first-order valence-corrected chi connectivity index (χ1v) is 6.41. The number of phenolic OH excluding ortho intramolecular Hbond substituents is 2. The maximum Gasteiger partial charge on any atom is 0.171 e. The van der Waals surface area contributed by atoms with Crippen molar-refractivity contribution >= 4 is 22.6 Å². The number of aromatic hydroxyl groups is 2. The third-order valence-corrected chi connectivity index (χ3v) is 3.60. The molecule has 0 amide bonds. The minimum atomic E-state index is 0.00250. The van der Waals surface area contributed by atoms with Gasteiger partial charge in [-0.3, -0.25) is 0 Å². The third-order valence-electron chi connectivity index (χ3n) is 2.43. The van der Waals surface area contributed by atoms with Gasteiger partial charge in [0, 0.05) is 0 Å². The summed E-state index contributed by atoms with van der Waals surface area (Å²) in [5, 5.41) is 19.2. The van der Waals surface area contributed by atoms with E-state index in [1.165, 1.54) is 11.1 Å². The van der Waals surface area contributed by atoms with Crippen LogP contribution in [0.1, 0.15) is 37.8 Å². The second-order valence-electron chi connectivity index (χ2n) is 3.70. The Bertz CT molecular complexity index is 348. The van der Waals surface area contributed by atoms with E-state index < -0.39 is 0 Å². The number of aryl methyl sites for hydroxylation is 1. The van der Waals surface area contributed by atoms with E-state index in [-0.39, 0.29) is 11.5 Å². The lowest BCUT2D eigenvalue weighted by Crippen LogP contribution is -1.98. The maximum atomic E-state index is 9.65. The predicted octanol–water partition coefficient (Wildman–Crippen LogP) is 3.61. The van der Waals surface area contributed by atoms with Crippen molar-refractivity contribution in [2.75, 3.05) is 0 Å². The van der Waals surface area contributed by atoms with Crippen molar-refractivity contribution < 1.29 is 10.2 Å². The van der Waals surface area contributed by atoms with Crippen LogP contribution in [0.25, 0.3) is 0 Å². The fourth-order valence-electron chi connectivity index (χ4n) is 1.73. The van der Waals surface area contributed by atoms with Gasteiger partial charge in [0.25, 0.3) is 0 Å². The van der Waals surface area contributed by atoms with Crippen molar-refractivity contribution in [3.63, 3.8) is 0 Å². The zero-order valence-corrected chi connectivity index (χ0v) is 11.3. The summed E-state index contributed by atoms with van der Waals surface area (Å²) in [4.78, 5) is 0. The highest BCUT2D eigenvalue weighted by molar-refractivity contribution is 14.1. The Balaban J connectivity index is 3.23. The topological polar surface area (TPSA) is 40.5 Å². The summed E-state index contributed by atoms with van der Waals surface area (Å²) in [7, 11) is 0. The first-order valence-electron chi connectivity index (χ1n) is 5.33. The summed E-state index contributed by atoms with van der Waals surface area (Å²) in [5.41, 5.74) is 2.36. The molecule has 0 aliphatic rings. The molecule has 0 bridgehead atoms. The van der Waals surface area contributed by atoms with Crippen LogP contribution in [0, 0.1) is 3.57 Å². The van der Waals surface area contributed by atoms with Crippen molar-refractivity contribution in [2.24, 2.45) is 0 Å². The van der Waals surface area contributed by atoms with Crippen molar-refractivity contribution in [1.82, 2.24) is 0 Å². The largest absolute Gasteiger partial charge is 0.504 e. The quantitative estimate of drug-likeness (QED) is 0.657. The zero-order chi connectivity index (χ0) is 11.4. The molecule has 3 heteroatoms. The highest BCUT2D eigenvalue weighted by Gasteiger charge is 2.13. The zero-order valence-electron chi connectivity index (χ0n) is 9.18. The molecular formula is C12H17IO2. The van der Waals surface area contributed by atoms with E-state index in [0.29, 0.717) is 0 Å². The van der Waals surface area contributed by atoms with Crippen LogP contribution in [0.15, 0.2) is 6.07 Å². The average Bonchev–Trinajstić information content (AvgIpc) is 2.21. The predicted molar refractivity (Wildman–Crippen MR) is 70.5 cm³/mol. The number of rotatable bonds is 4. The van der Waals surface area contributed by atoms with Crippen LogP contribution in [-0.4, -0.2) is 10.2 Å². The Morgan fingerprint density at radius 1 is 1.13 bits per heavy atom. The number of hydrogen-bond acceptors (Lipinski definition) is 2. The molecule has 1 aromatic rings. The van der Waals surface area contributed by atoms with Gasteiger partial charge in [0.2, 0.25) is 0 Å². The lowest BCUT2D eigenvalue weighted by atomic mass is 9.99. The van der Waals surface area contributed by atoms with Crippen molar-refractivity contribution in [3.05, 3.63) is 20.8 Å². The van der Waals surface area contributed by atoms with Gasteiger partial charge in [0.15, 0.2) is 11.5 Å². The Morgan fingerprint density at radius 2 is 1.73 bits per heavy atom. The molecule has 0 aromatic heterocycles. The van der Waals surface area contributed by atoms with E-state index in [9.17, 15) is 10.2 Å². The molecule has 84 valence electrons. The van der Waals surface area contributed by atoms with Crippen molar-refractivity contribution in [1.29, 1.82) is 0 Å². The normalized spacial score (nSPS) is 10.6. The van der Waals surface area contributed by atoms with Crippen LogP contribution in [0.3, 0.4) is 0 Å². The summed E-state index contributed by atoms with van der Waals surface area (Å²) in [6.45, 7) is 4.24. The van der Waals surface area contributed by atoms with Gasteiger partial charge in [0.1, 0.15) is 0 Å². The highest BCUT2D eigenvalue weighted by Crippen LogP contribution is 2.36. The molecule has 0 radical (unpaired) electrons. The SMILES string of the molecule is CCCc1cc(O)c(O)c(I)c1CCC. The highest BCUT2D eigenvalue weighted by atomic mass is 127. The number of phenols is 2. The summed E-state index contributed by atoms with van der Waals surface area (Å²) in [5.74, 6) is 0.0293. The summed E-state index contributed by atoms with van der Waals surface area (Å²) in [6, 6.07) is 1.70. The van der Waals surface area contributed by atoms with Gasteiger partial charge >= 0.3 is 0 Å². The Morgan fingerprint density at radius 3 is 2.27 bits per heavy atom. The molecular weight excluding hydrogens is 303 g/mol. The molecule has 0 spiro atoms. The molecule has 1 aromatic carbocycles. The van der Waals surface area contributed by atoms with Gasteiger partial charge in [-0.15, -0.1) is 0 Å². The molecule has 0 atom stereocenters. The van der Waals surface area contributed by atoms with Crippen LogP contribution in [0.4, 0.5) is 0 Å². The van der Waals surface area contributed by atoms with E-state index in [2.05, 4.69) is 36.4 Å². The van der Waals surface area contributed by atoms with Gasteiger partial charge in [-0.25, -0.2) is 0 Å². The second kappa shape index (κ2) is 5.58. The molecule has 0 aliphatic heterocycles. The van der Waals surface area contributed by atoms with Crippen molar-refractivity contribution in [3.8, 4) is 11.5 Å². The fourth-order valence-corrected chi connectivity index (χ4v) is 2.62. The van der Waals surface area contributed by atoms with E-state index in [1.54, 1.807) is 6.07 Å². The van der Waals surface area contributed by atoms with Crippen LogP contribution in [0.2, 0.25) is 0 Å². The molecule has 0 saturated carbocycles. The van der Waals surface area contributed by atoms with E-state index in [1.807, 2.05) is 0 Å². The van der Waals surface area contributed by atoms with Crippen LogP contribution >= 0.6 is 22.6 Å². The fraction of sp³-hybridized carbons (Fsp3) is 0.500. The Hall–Kier alpha value is -0.450. The van der Waals surface area contributed by atoms with E-state index in [4.69, 9.17) is 0 Å². The van der Waals surface area contributed by atoms with Gasteiger partial charge in [-0.05, 0) is 52.6 Å². The van der Waals surface area contributed by atoms with Crippen molar-refractivity contribution in [2.45, 2.75) is 39.5 Å². The second-order valence-corrected chi connectivity index (χ2v) is 4.77. The summed E-state index contributed by atoms with van der Waals surface area (Å²) >= 11 is 2.11. The lowest BCUT2D eigenvalue weighted by Gasteiger charge is -2.13. The van der Waals surface area contributed by atoms with Gasteiger partial charge < -0.3 is 10.2 Å². The monoisotopic (exact) mass is 320 g/mol. The molecule has 15 heavy (non-hydrogen) atoms. The third kappa shape index (κ3) is 2.77. The Kier molecular flexibility index (Phi) is 4.70. The maximum absolute atomic E-state index is 9.65. The van der Waals surface area contributed by atoms with Crippen LogP contribution in [0.5, 0.6) is 11.5 Å².